The molecule has 31 heavy (non-hydrogen) atoms. The summed E-state index contributed by atoms with van der Waals surface area (Å²) in [5, 5.41) is 1.36. The van der Waals surface area contributed by atoms with Crippen molar-refractivity contribution in [2.75, 3.05) is 24.7 Å². The Morgan fingerprint density at radius 1 is 1.23 bits per heavy atom. The minimum Gasteiger partial charge on any atom is -0.369 e. The Balaban J connectivity index is 1.80. The Kier molecular flexibility index (Phi) is 5.92. The molecule has 0 spiro atoms. The second-order valence-corrected chi connectivity index (χ2v) is 8.36. The van der Waals surface area contributed by atoms with Gasteiger partial charge in [0.05, 0.1) is 12.2 Å². The Bertz CT molecular complexity index is 1120. The van der Waals surface area contributed by atoms with Crippen molar-refractivity contribution in [2.45, 2.75) is 12.5 Å². The van der Waals surface area contributed by atoms with Crippen molar-refractivity contribution >= 4 is 22.9 Å². The van der Waals surface area contributed by atoms with Crippen molar-refractivity contribution in [3.8, 4) is 21.7 Å². The molecule has 3 heterocycles. The van der Waals surface area contributed by atoms with E-state index in [0.29, 0.717) is 30.8 Å². The lowest BCUT2D eigenvalue weighted by atomic mass is 9.94. The molecule has 2 unspecified atom stereocenters. The largest absolute Gasteiger partial charge is 0.369 e. The number of nitrogens with two attached hydrogens (primary N) is 2. The number of benzene rings is 1. The number of nitrogens with zero attached hydrogens (tertiary/aromatic N) is 3. The van der Waals surface area contributed by atoms with E-state index in [1.54, 1.807) is 12.3 Å². The predicted molar refractivity (Wildman–Crippen MR) is 113 cm³/mol. The molecule has 4 rings (SSSR count). The summed E-state index contributed by atoms with van der Waals surface area (Å²) in [6.45, 7) is 0.425. The number of piperidine rings is 1. The molecule has 1 saturated heterocycles. The number of carbonyl (C=O) groups is 1. The van der Waals surface area contributed by atoms with Crippen molar-refractivity contribution in [2.24, 2.45) is 17.4 Å². The first-order chi connectivity index (χ1) is 14.9. The van der Waals surface area contributed by atoms with Crippen LogP contribution in [0.25, 0.3) is 21.7 Å². The molecule has 2 atom stereocenters. The number of alkyl halides is 1. The van der Waals surface area contributed by atoms with Gasteiger partial charge >= 0.3 is 0 Å². The van der Waals surface area contributed by atoms with E-state index >= 15 is 4.39 Å². The summed E-state index contributed by atoms with van der Waals surface area (Å²) >= 11 is 0.923. The molecular formula is C21H20F3N5OS. The number of primary amides is 1. The summed E-state index contributed by atoms with van der Waals surface area (Å²) in [5.41, 5.74) is 12.1. The fourth-order valence-electron chi connectivity index (χ4n) is 3.88. The molecule has 0 saturated carbocycles. The van der Waals surface area contributed by atoms with E-state index < -0.39 is 24.2 Å². The van der Waals surface area contributed by atoms with Crippen LogP contribution in [0.4, 0.5) is 18.9 Å². The Morgan fingerprint density at radius 2 is 2.03 bits per heavy atom. The second kappa shape index (κ2) is 8.64. The number of hydrogen-bond donors (Lipinski definition) is 2. The third kappa shape index (κ3) is 4.13. The summed E-state index contributed by atoms with van der Waals surface area (Å²) in [5.74, 6) is -2.64. The normalized spacial score (nSPS) is 18.9. The molecule has 1 aliphatic heterocycles. The molecule has 6 nitrogen and oxygen atoms in total. The fraction of sp³-hybridized carbons (Fsp3) is 0.286. The maximum atomic E-state index is 15.6. The van der Waals surface area contributed by atoms with Crippen LogP contribution in [-0.4, -0.2) is 41.7 Å². The zero-order valence-corrected chi connectivity index (χ0v) is 17.2. The van der Waals surface area contributed by atoms with Gasteiger partial charge in [-0.1, -0.05) is 0 Å². The van der Waals surface area contributed by atoms with Crippen molar-refractivity contribution < 1.29 is 18.0 Å². The smallest absolute Gasteiger partial charge is 0.268 e. The summed E-state index contributed by atoms with van der Waals surface area (Å²) in [4.78, 5) is 21.3. The van der Waals surface area contributed by atoms with Crippen molar-refractivity contribution in [3.63, 3.8) is 0 Å². The molecular weight excluding hydrogens is 427 g/mol. The topological polar surface area (TPSA) is 98.1 Å². The average Bonchev–Trinajstić information content (AvgIpc) is 3.23. The lowest BCUT2D eigenvalue weighted by molar-refractivity contribution is 0.0996. The summed E-state index contributed by atoms with van der Waals surface area (Å²) in [6.07, 6.45) is 3.62. The van der Waals surface area contributed by atoms with Crippen molar-refractivity contribution in [3.05, 3.63) is 53.3 Å². The first-order valence-electron chi connectivity index (χ1n) is 9.63. The number of rotatable bonds is 5. The van der Waals surface area contributed by atoms with Gasteiger partial charge in [-0.15, -0.1) is 11.3 Å². The van der Waals surface area contributed by atoms with Crippen LogP contribution in [-0.2, 0) is 0 Å². The molecule has 0 bridgehead atoms. The van der Waals surface area contributed by atoms with E-state index in [1.165, 1.54) is 17.6 Å². The van der Waals surface area contributed by atoms with Crippen LogP contribution in [0.15, 0.2) is 36.0 Å². The molecule has 4 N–H and O–H groups in total. The fourth-order valence-corrected chi connectivity index (χ4v) is 4.73. The van der Waals surface area contributed by atoms with Gasteiger partial charge in [-0.3, -0.25) is 14.2 Å². The van der Waals surface area contributed by atoms with Crippen molar-refractivity contribution in [1.29, 1.82) is 0 Å². The average molecular weight is 447 g/mol. The van der Waals surface area contributed by atoms with Gasteiger partial charge in [0.25, 0.3) is 5.91 Å². The van der Waals surface area contributed by atoms with Crippen LogP contribution in [0.2, 0.25) is 0 Å². The molecule has 162 valence electrons. The van der Waals surface area contributed by atoms with Crippen LogP contribution in [0.3, 0.4) is 0 Å². The summed E-state index contributed by atoms with van der Waals surface area (Å²) in [7, 11) is 0. The standard InChI is InChI=1S/C21H20F3N5OS/c22-6-11-5-12(25)9-29(8-11)17-3-4-27-7-14(17)13-1-2-15(23)18(19(13)24)21-28-16(10-31-21)20(26)30/h1-4,7,10-12H,5-6,8-9,25H2,(H2,26,30). The molecule has 2 aromatic heterocycles. The molecule has 1 amide bonds. The van der Waals surface area contributed by atoms with Gasteiger partial charge in [0, 0.05) is 59.6 Å². The molecule has 0 aliphatic carbocycles. The quantitative estimate of drug-likeness (QED) is 0.625. The van der Waals surface area contributed by atoms with Gasteiger partial charge in [-0.05, 0) is 24.6 Å². The van der Waals surface area contributed by atoms with E-state index in [0.717, 1.165) is 17.4 Å². The Hall–Kier alpha value is -2.98. The number of aromatic nitrogens is 2. The van der Waals surface area contributed by atoms with E-state index in [1.807, 2.05) is 4.90 Å². The lowest BCUT2D eigenvalue weighted by Crippen LogP contribution is -2.47. The predicted octanol–water partition coefficient (Wildman–Crippen LogP) is 3.37. The highest BCUT2D eigenvalue weighted by Crippen LogP contribution is 2.39. The molecule has 10 heteroatoms. The number of carbonyl (C=O) groups excluding carboxylic acids is 1. The maximum Gasteiger partial charge on any atom is 0.268 e. The first-order valence-corrected chi connectivity index (χ1v) is 10.5. The van der Waals surface area contributed by atoms with Crippen LogP contribution >= 0.6 is 11.3 Å². The summed E-state index contributed by atoms with van der Waals surface area (Å²) in [6, 6.07) is 3.96. The number of thiazole rings is 1. The Labute approximate surface area is 180 Å². The third-order valence-corrected chi connectivity index (χ3v) is 6.14. The Morgan fingerprint density at radius 3 is 2.74 bits per heavy atom. The van der Waals surface area contributed by atoms with Gasteiger partial charge in [-0.2, -0.15) is 0 Å². The third-order valence-electron chi connectivity index (χ3n) is 5.28. The monoisotopic (exact) mass is 447 g/mol. The zero-order valence-electron chi connectivity index (χ0n) is 16.4. The van der Waals surface area contributed by atoms with Crippen LogP contribution < -0.4 is 16.4 Å². The minimum atomic E-state index is -0.831. The maximum absolute atomic E-state index is 15.6. The SMILES string of the molecule is NC(=O)c1csc(-c2c(F)ccc(-c3cnccc3N3CC(N)CC(CF)C3)c2F)n1. The van der Waals surface area contributed by atoms with Crippen LogP contribution in [0, 0.1) is 17.6 Å². The molecule has 1 aromatic carbocycles. The second-order valence-electron chi connectivity index (χ2n) is 7.50. The summed E-state index contributed by atoms with van der Waals surface area (Å²) < 4.78 is 43.5. The first kappa shape index (κ1) is 21.3. The van der Waals surface area contributed by atoms with Gasteiger partial charge in [0.1, 0.15) is 22.3 Å². The lowest BCUT2D eigenvalue weighted by Gasteiger charge is -2.37. The number of anilines is 1. The number of halogens is 3. The van der Waals surface area contributed by atoms with Crippen LogP contribution in [0.5, 0.6) is 0 Å². The highest BCUT2D eigenvalue weighted by Gasteiger charge is 2.28. The van der Waals surface area contributed by atoms with E-state index in [-0.39, 0.29) is 33.8 Å². The minimum absolute atomic E-state index is 0.00794. The van der Waals surface area contributed by atoms with E-state index in [2.05, 4.69) is 9.97 Å². The number of amides is 1. The van der Waals surface area contributed by atoms with Gasteiger partial charge in [0.2, 0.25) is 0 Å². The van der Waals surface area contributed by atoms with Crippen molar-refractivity contribution in [1.82, 2.24) is 9.97 Å². The highest BCUT2D eigenvalue weighted by molar-refractivity contribution is 7.13. The molecule has 3 aromatic rings. The molecule has 1 aliphatic rings. The van der Waals surface area contributed by atoms with Gasteiger partial charge in [-0.25, -0.2) is 13.8 Å². The van der Waals surface area contributed by atoms with Crippen LogP contribution in [0.1, 0.15) is 16.9 Å². The van der Waals surface area contributed by atoms with Gasteiger partial charge in [0.15, 0.2) is 0 Å². The van der Waals surface area contributed by atoms with Gasteiger partial charge < -0.3 is 16.4 Å². The van der Waals surface area contributed by atoms with E-state index in [9.17, 15) is 13.6 Å². The molecule has 0 radical (unpaired) electrons. The zero-order chi connectivity index (χ0) is 22.1. The number of hydrogen-bond acceptors (Lipinski definition) is 6. The number of pyridine rings is 1. The molecule has 1 fully saturated rings. The van der Waals surface area contributed by atoms with E-state index in [4.69, 9.17) is 11.5 Å². The highest BCUT2D eigenvalue weighted by atomic mass is 32.1.